The zero-order valence-electron chi connectivity index (χ0n) is 10.3. The monoisotopic (exact) mass is 256 g/mol. The summed E-state index contributed by atoms with van der Waals surface area (Å²) in [6.07, 6.45) is 3.29. The number of nitrogens with zero attached hydrogens (tertiary/aromatic N) is 1. The lowest BCUT2D eigenvalue weighted by Crippen LogP contribution is -2.51. The second-order valence-electron chi connectivity index (χ2n) is 5.34. The van der Waals surface area contributed by atoms with Crippen LogP contribution in [0.25, 0.3) is 0 Å². The lowest BCUT2D eigenvalue weighted by atomic mass is 9.78. The van der Waals surface area contributed by atoms with E-state index in [0.717, 1.165) is 13.1 Å². The van der Waals surface area contributed by atoms with Crippen LogP contribution in [0, 0.1) is 11.8 Å². The number of aliphatic carboxylic acids is 1. The first-order valence-electron chi connectivity index (χ1n) is 6.50. The van der Waals surface area contributed by atoms with Gasteiger partial charge in [0.25, 0.3) is 0 Å². The number of hydrogen-bond donors (Lipinski definition) is 3. The van der Waals surface area contributed by atoms with Gasteiger partial charge in [-0.25, -0.2) is 9.59 Å². The van der Waals surface area contributed by atoms with E-state index in [4.69, 9.17) is 10.2 Å². The van der Waals surface area contributed by atoms with E-state index < -0.39 is 12.1 Å². The Morgan fingerprint density at radius 3 is 2.44 bits per heavy atom. The van der Waals surface area contributed by atoms with Crippen LogP contribution in [0.3, 0.4) is 0 Å². The summed E-state index contributed by atoms with van der Waals surface area (Å²) < 4.78 is 0. The Labute approximate surface area is 106 Å². The van der Waals surface area contributed by atoms with Gasteiger partial charge in [-0.1, -0.05) is 6.42 Å². The molecular formula is C12H20N2O4. The van der Waals surface area contributed by atoms with Gasteiger partial charge in [0.2, 0.25) is 0 Å². The number of urea groups is 1. The molecule has 6 heteroatoms. The average Bonchev–Trinajstić information content (AvgIpc) is 2.34. The molecule has 1 heterocycles. The van der Waals surface area contributed by atoms with Crippen molar-refractivity contribution in [2.24, 2.45) is 11.8 Å². The third-order valence-corrected chi connectivity index (χ3v) is 3.87. The third-order valence-electron chi connectivity index (χ3n) is 3.87. The van der Waals surface area contributed by atoms with E-state index in [2.05, 4.69) is 5.32 Å². The van der Waals surface area contributed by atoms with Gasteiger partial charge in [-0.2, -0.15) is 0 Å². The Kier molecular flexibility index (Phi) is 4.06. The van der Waals surface area contributed by atoms with Crippen LogP contribution in [0.2, 0.25) is 0 Å². The number of nitrogens with one attached hydrogen (secondary N) is 1. The van der Waals surface area contributed by atoms with Crippen molar-refractivity contribution in [1.29, 1.82) is 0 Å². The molecule has 2 rings (SSSR count). The summed E-state index contributed by atoms with van der Waals surface area (Å²) in [5.41, 5.74) is 0. The number of carbonyl (C=O) groups is 2. The molecule has 2 amide bonds. The molecule has 0 aromatic rings. The van der Waals surface area contributed by atoms with Crippen LogP contribution in [-0.2, 0) is 4.79 Å². The van der Waals surface area contributed by atoms with Crippen LogP contribution in [0.5, 0.6) is 0 Å². The number of carboxylic acids is 1. The second kappa shape index (κ2) is 5.56. The first kappa shape index (κ1) is 13.1. The standard InChI is InChI=1S/C12H20N2O4/c15-10(11(16)17)5-13-12(18)14-6-8-2-1-3-9(4-8)7-14/h8-10,15H,1-7H2,(H,13,18)(H,16,17). The highest BCUT2D eigenvalue weighted by molar-refractivity contribution is 5.76. The van der Waals surface area contributed by atoms with Crippen LogP contribution in [0.15, 0.2) is 0 Å². The fourth-order valence-electron chi connectivity index (χ4n) is 2.98. The Morgan fingerprint density at radius 2 is 1.89 bits per heavy atom. The average molecular weight is 256 g/mol. The number of fused-ring (bicyclic) bond motifs is 2. The molecule has 2 fully saturated rings. The Balaban J connectivity index is 1.80. The zero-order valence-corrected chi connectivity index (χ0v) is 10.3. The molecule has 1 saturated heterocycles. The maximum absolute atomic E-state index is 11.9. The predicted molar refractivity (Wildman–Crippen MR) is 64.1 cm³/mol. The lowest BCUT2D eigenvalue weighted by molar-refractivity contribution is -0.146. The summed E-state index contributed by atoms with van der Waals surface area (Å²) in [5.74, 6) is -0.133. The molecule has 0 aromatic heterocycles. The van der Waals surface area contributed by atoms with E-state index in [1.54, 1.807) is 4.90 Å². The number of likely N-dealkylation sites (tertiary alicyclic amines) is 1. The molecule has 0 aromatic carbocycles. The molecule has 2 bridgehead atoms. The fraction of sp³-hybridized carbons (Fsp3) is 0.833. The summed E-state index contributed by atoms with van der Waals surface area (Å²) in [5, 5.41) is 20.1. The van der Waals surface area contributed by atoms with Gasteiger partial charge in [0.1, 0.15) is 0 Å². The third kappa shape index (κ3) is 3.13. The quantitative estimate of drug-likeness (QED) is 0.676. The lowest BCUT2D eigenvalue weighted by Gasteiger charge is -2.41. The minimum Gasteiger partial charge on any atom is -0.479 e. The van der Waals surface area contributed by atoms with Gasteiger partial charge < -0.3 is 20.4 Å². The number of amides is 2. The highest BCUT2D eigenvalue weighted by Gasteiger charge is 2.32. The summed E-state index contributed by atoms with van der Waals surface area (Å²) in [7, 11) is 0. The molecule has 0 radical (unpaired) electrons. The smallest absolute Gasteiger partial charge is 0.334 e. The topological polar surface area (TPSA) is 89.9 Å². The first-order chi connectivity index (χ1) is 8.56. The van der Waals surface area contributed by atoms with Crippen molar-refractivity contribution in [3.05, 3.63) is 0 Å². The minimum atomic E-state index is -1.53. The Hall–Kier alpha value is -1.30. The van der Waals surface area contributed by atoms with Crippen LogP contribution in [0.1, 0.15) is 25.7 Å². The zero-order chi connectivity index (χ0) is 13.1. The van der Waals surface area contributed by atoms with Crippen molar-refractivity contribution in [2.75, 3.05) is 19.6 Å². The van der Waals surface area contributed by atoms with E-state index in [-0.39, 0.29) is 12.6 Å². The molecular weight excluding hydrogens is 236 g/mol. The summed E-state index contributed by atoms with van der Waals surface area (Å²) in [6.45, 7) is 1.27. The van der Waals surface area contributed by atoms with Crippen LogP contribution in [0.4, 0.5) is 4.79 Å². The molecule has 3 unspecified atom stereocenters. The van der Waals surface area contributed by atoms with Crippen molar-refractivity contribution >= 4 is 12.0 Å². The number of aliphatic hydroxyl groups is 1. The van der Waals surface area contributed by atoms with Crippen molar-refractivity contribution in [3.8, 4) is 0 Å². The molecule has 18 heavy (non-hydrogen) atoms. The number of aliphatic hydroxyl groups excluding tert-OH is 1. The van der Waals surface area contributed by atoms with Gasteiger partial charge in [0.15, 0.2) is 6.10 Å². The van der Waals surface area contributed by atoms with Gasteiger partial charge in [-0.3, -0.25) is 0 Å². The van der Waals surface area contributed by atoms with E-state index in [0.29, 0.717) is 11.8 Å². The molecule has 1 saturated carbocycles. The molecule has 6 nitrogen and oxygen atoms in total. The van der Waals surface area contributed by atoms with Gasteiger partial charge in [-0.05, 0) is 31.1 Å². The SMILES string of the molecule is O=C(O)C(O)CNC(=O)N1CC2CCCC(C2)C1. The van der Waals surface area contributed by atoms with Crippen LogP contribution in [-0.4, -0.2) is 52.9 Å². The summed E-state index contributed by atoms with van der Waals surface area (Å²) >= 11 is 0. The summed E-state index contributed by atoms with van der Waals surface area (Å²) in [6, 6.07) is -0.258. The highest BCUT2D eigenvalue weighted by Crippen LogP contribution is 2.34. The van der Waals surface area contributed by atoms with E-state index in [9.17, 15) is 9.59 Å². The van der Waals surface area contributed by atoms with Crippen molar-refractivity contribution in [1.82, 2.24) is 10.2 Å². The largest absolute Gasteiger partial charge is 0.479 e. The van der Waals surface area contributed by atoms with Crippen molar-refractivity contribution < 1.29 is 19.8 Å². The fourth-order valence-corrected chi connectivity index (χ4v) is 2.98. The number of rotatable bonds is 3. The molecule has 102 valence electrons. The predicted octanol–water partition coefficient (Wildman–Crippen LogP) is 0.263. The van der Waals surface area contributed by atoms with Gasteiger partial charge in [-0.15, -0.1) is 0 Å². The minimum absolute atomic E-state index is 0.236. The normalized spacial score (nSPS) is 28.6. The highest BCUT2D eigenvalue weighted by atomic mass is 16.4. The van der Waals surface area contributed by atoms with Gasteiger partial charge in [0.05, 0.1) is 6.54 Å². The molecule has 2 aliphatic rings. The molecule has 0 spiro atoms. The van der Waals surface area contributed by atoms with E-state index in [1.807, 2.05) is 0 Å². The van der Waals surface area contributed by atoms with Crippen molar-refractivity contribution in [2.45, 2.75) is 31.8 Å². The Morgan fingerprint density at radius 1 is 1.28 bits per heavy atom. The molecule has 1 aliphatic carbocycles. The van der Waals surface area contributed by atoms with Gasteiger partial charge >= 0.3 is 12.0 Å². The molecule has 3 N–H and O–H groups in total. The van der Waals surface area contributed by atoms with Crippen molar-refractivity contribution in [3.63, 3.8) is 0 Å². The van der Waals surface area contributed by atoms with E-state index in [1.165, 1.54) is 25.7 Å². The molecule has 3 atom stereocenters. The van der Waals surface area contributed by atoms with Crippen LogP contribution >= 0.6 is 0 Å². The second-order valence-corrected chi connectivity index (χ2v) is 5.34. The van der Waals surface area contributed by atoms with Gasteiger partial charge in [0, 0.05) is 13.1 Å². The number of piperidine rings is 1. The maximum atomic E-state index is 11.9. The molecule has 1 aliphatic heterocycles. The summed E-state index contributed by atoms with van der Waals surface area (Å²) in [4.78, 5) is 24.1. The van der Waals surface area contributed by atoms with E-state index >= 15 is 0 Å². The van der Waals surface area contributed by atoms with Crippen LogP contribution < -0.4 is 5.32 Å². The Bertz CT molecular complexity index is 322. The first-order valence-corrected chi connectivity index (χ1v) is 6.50. The maximum Gasteiger partial charge on any atom is 0.334 e. The number of carboxylic acid groups (broad SMARTS) is 1. The number of hydrogen-bond acceptors (Lipinski definition) is 3. The number of carbonyl (C=O) groups excluding carboxylic acids is 1.